The van der Waals surface area contributed by atoms with E-state index in [4.69, 9.17) is 0 Å². The first-order valence-corrected chi connectivity index (χ1v) is 6.51. The molecule has 0 saturated heterocycles. The maximum atomic E-state index is 12.2. The van der Waals surface area contributed by atoms with Gasteiger partial charge in [0.25, 0.3) is 5.56 Å². The van der Waals surface area contributed by atoms with Crippen LogP contribution in [0.5, 0.6) is 0 Å². The Bertz CT molecular complexity index is 749. The standard InChI is InChI=1S/C17H14N2O/c20-17-11-12-18-16(13-14-7-3-1-4-8-14)19(17)15-9-5-2-6-10-15/h1-12H,13H2. The first-order chi connectivity index (χ1) is 9.84. The van der Waals surface area contributed by atoms with Crippen molar-refractivity contribution in [3.05, 3.63) is 94.7 Å². The van der Waals surface area contributed by atoms with Crippen LogP contribution >= 0.6 is 0 Å². The van der Waals surface area contributed by atoms with Crippen molar-refractivity contribution >= 4 is 0 Å². The van der Waals surface area contributed by atoms with Gasteiger partial charge in [0.15, 0.2) is 0 Å². The van der Waals surface area contributed by atoms with Gasteiger partial charge in [-0.1, -0.05) is 48.5 Å². The third kappa shape index (κ3) is 2.52. The second-order valence-corrected chi connectivity index (χ2v) is 4.53. The molecule has 0 N–H and O–H groups in total. The molecule has 0 amide bonds. The summed E-state index contributed by atoms with van der Waals surface area (Å²) in [5, 5.41) is 0. The molecule has 0 saturated carbocycles. The van der Waals surface area contributed by atoms with E-state index in [1.165, 1.54) is 6.07 Å². The topological polar surface area (TPSA) is 34.9 Å². The van der Waals surface area contributed by atoms with E-state index in [9.17, 15) is 4.79 Å². The van der Waals surface area contributed by atoms with Crippen LogP contribution in [0.2, 0.25) is 0 Å². The summed E-state index contributed by atoms with van der Waals surface area (Å²) in [6.45, 7) is 0. The normalized spacial score (nSPS) is 10.4. The van der Waals surface area contributed by atoms with E-state index in [1.807, 2.05) is 60.7 Å². The van der Waals surface area contributed by atoms with Gasteiger partial charge in [0.2, 0.25) is 0 Å². The number of para-hydroxylation sites is 1. The van der Waals surface area contributed by atoms with Crippen molar-refractivity contribution in [1.82, 2.24) is 9.55 Å². The Kier molecular flexibility index (Phi) is 3.42. The minimum absolute atomic E-state index is 0.0582. The van der Waals surface area contributed by atoms with E-state index in [2.05, 4.69) is 4.98 Å². The zero-order valence-corrected chi connectivity index (χ0v) is 10.9. The van der Waals surface area contributed by atoms with Gasteiger partial charge in [-0.05, 0) is 17.7 Å². The third-order valence-corrected chi connectivity index (χ3v) is 3.14. The molecule has 3 nitrogen and oxygen atoms in total. The first-order valence-electron chi connectivity index (χ1n) is 6.51. The van der Waals surface area contributed by atoms with Crippen LogP contribution in [0.1, 0.15) is 11.4 Å². The molecule has 0 fully saturated rings. The molecular formula is C17H14N2O. The molecule has 98 valence electrons. The molecule has 0 spiro atoms. The lowest BCUT2D eigenvalue weighted by atomic mass is 10.1. The molecule has 1 aromatic heterocycles. The molecule has 0 radical (unpaired) electrons. The highest BCUT2D eigenvalue weighted by Gasteiger charge is 2.07. The van der Waals surface area contributed by atoms with Crippen LogP contribution in [0.4, 0.5) is 0 Å². The van der Waals surface area contributed by atoms with E-state index in [0.717, 1.165) is 17.1 Å². The van der Waals surface area contributed by atoms with Crippen molar-refractivity contribution in [2.24, 2.45) is 0 Å². The van der Waals surface area contributed by atoms with E-state index < -0.39 is 0 Å². The SMILES string of the molecule is O=c1ccnc(Cc2ccccc2)n1-c1ccccc1. The van der Waals surface area contributed by atoms with Crippen LogP contribution in [0.15, 0.2) is 77.7 Å². The molecule has 1 heterocycles. The van der Waals surface area contributed by atoms with E-state index in [0.29, 0.717) is 6.42 Å². The second kappa shape index (κ2) is 5.53. The fraction of sp³-hybridized carbons (Fsp3) is 0.0588. The van der Waals surface area contributed by atoms with Crippen molar-refractivity contribution in [2.75, 3.05) is 0 Å². The van der Waals surface area contributed by atoms with Gasteiger partial charge in [0, 0.05) is 18.7 Å². The molecule has 0 atom stereocenters. The Morgan fingerprint density at radius 2 is 1.50 bits per heavy atom. The lowest BCUT2D eigenvalue weighted by molar-refractivity contribution is 0.829. The first kappa shape index (κ1) is 12.4. The Labute approximate surface area is 117 Å². The highest BCUT2D eigenvalue weighted by molar-refractivity contribution is 5.33. The van der Waals surface area contributed by atoms with Crippen LogP contribution in [-0.4, -0.2) is 9.55 Å². The van der Waals surface area contributed by atoms with E-state index in [-0.39, 0.29) is 5.56 Å². The van der Waals surface area contributed by atoms with Gasteiger partial charge < -0.3 is 0 Å². The van der Waals surface area contributed by atoms with Crippen molar-refractivity contribution in [3.63, 3.8) is 0 Å². The molecule has 3 heteroatoms. The van der Waals surface area contributed by atoms with Gasteiger partial charge in [0.1, 0.15) is 5.82 Å². The van der Waals surface area contributed by atoms with E-state index in [1.54, 1.807) is 10.8 Å². The maximum absolute atomic E-state index is 12.2. The van der Waals surface area contributed by atoms with E-state index >= 15 is 0 Å². The van der Waals surface area contributed by atoms with Gasteiger partial charge in [-0.3, -0.25) is 9.36 Å². The highest BCUT2D eigenvalue weighted by atomic mass is 16.1. The van der Waals surface area contributed by atoms with Crippen molar-refractivity contribution in [1.29, 1.82) is 0 Å². The predicted molar refractivity (Wildman–Crippen MR) is 79.1 cm³/mol. The molecule has 3 rings (SSSR count). The summed E-state index contributed by atoms with van der Waals surface area (Å²) in [6.07, 6.45) is 2.20. The number of benzene rings is 2. The quantitative estimate of drug-likeness (QED) is 0.727. The predicted octanol–water partition coefficient (Wildman–Crippen LogP) is 2.82. The summed E-state index contributed by atoms with van der Waals surface area (Å²) in [5.41, 5.74) is 1.92. The minimum atomic E-state index is -0.0582. The number of hydrogen-bond acceptors (Lipinski definition) is 2. The summed E-state index contributed by atoms with van der Waals surface area (Å²) in [7, 11) is 0. The Balaban J connectivity index is 2.08. The molecule has 20 heavy (non-hydrogen) atoms. The number of hydrogen-bond donors (Lipinski definition) is 0. The fourth-order valence-electron chi connectivity index (χ4n) is 2.20. The molecule has 3 aromatic rings. The number of nitrogens with zero attached hydrogens (tertiary/aromatic N) is 2. The third-order valence-electron chi connectivity index (χ3n) is 3.14. The summed E-state index contributed by atoms with van der Waals surface area (Å²) in [4.78, 5) is 16.5. The largest absolute Gasteiger partial charge is 0.269 e. The van der Waals surface area contributed by atoms with Crippen LogP contribution in [0.25, 0.3) is 5.69 Å². The molecule has 0 aliphatic heterocycles. The van der Waals surface area contributed by atoms with Gasteiger partial charge in [-0.15, -0.1) is 0 Å². The van der Waals surface area contributed by atoms with Gasteiger partial charge in [0.05, 0.1) is 5.69 Å². The van der Waals surface area contributed by atoms with Crippen molar-refractivity contribution < 1.29 is 0 Å². The van der Waals surface area contributed by atoms with Gasteiger partial charge in [-0.2, -0.15) is 0 Å². The van der Waals surface area contributed by atoms with Gasteiger partial charge in [-0.25, -0.2) is 4.98 Å². The molecular weight excluding hydrogens is 248 g/mol. The average Bonchev–Trinajstić information content (AvgIpc) is 2.49. The summed E-state index contributed by atoms with van der Waals surface area (Å²) < 4.78 is 1.66. The Morgan fingerprint density at radius 1 is 0.850 bits per heavy atom. The summed E-state index contributed by atoms with van der Waals surface area (Å²) in [5.74, 6) is 0.745. The minimum Gasteiger partial charge on any atom is -0.269 e. The zero-order valence-electron chi connectivity index (χ0n) is 10.9. The fourth-order valence-corrected chi connectivity index (χ4v) is 2.20. The molecule has 0 bridgehead atoms. The number of rotatable bonds is 3. The second-order valence-electron chi connectivity index (χ2n) is 4.53. The van der Waals surface area contributed by atoms with Crippen LogP contribution in [0.3, 0.4) is 0 Å². The van der Waals surface area contributed by atoms with Crippen molar-refractivity contribution in [3.8, 4) is 5.69 Å². The zero-order chi connectivity index (χ0) is 13.8. The summed E-state index contributed by atoms with van der Waals surface area (Å²) >= 11 is 0. The molecule has 0 aliphatic rings. The lowest BCUT2D eigenvalue weighted by Gasteiger charge is -2.11. The molecule has 0 aliphatic carbocycles. The smallest absolute Gasteiger partial charge is 0.258 e. The highest BCUT2D eigenvalue weighted by Crippen LogP contribution is 2.10. The summed E-state index contributed by atoms with van der Waals surface area (Å²) in [6, 6.07) is 21.1. The lowest BCUT2D eigenvalue weighted by Crippen LogP contribution is -2.22. The Morgan fingerprint density at radius 3 is 2.20 bits per heavy atom. The molecule has 2 aromatic carbocycles. The van der Waals surface area contributed by atoms with Crippen molar-refractivity contribution in [2.45, 2.75) is 6.42 Å². The number of aromatic nitrogens is 2. The van der Waals surface area contributed by atoms with Crippen LogP contribution in [0, 0.1) is 0 Å². The van der Waals surface area contributed by atoms with Crippen LogP contribution < -0.4 is 5.56 Å². The Hall–Kier alpha value is -2.68. The van der Waals surface area contributed by atoms with Gasteiger partial charge >= 0.3 is 0 Å². The van der Waals surface area contributed by atoms with Crippen LogP contribution in [-0.2, 0) is 6.42 Å². The monoisotopic (exact) mass is 262 g/mol. The average molecular weight is 262 g/mol. The maximum Gasteiger partial charge on any atom is 0.258 e. The molecule has 0 unspecified atom stereocenters.